The Kier molecular flexibility index (Phi) is 12.4. The van der Waals surface area contributed by atoms with Crippen LogP contribution < -0.4 is 0 Å². The molecule has 0 aromatic carbocycles. The van der Waals surface area contributed by atoms with Gasteiger partial charge in [0.1, 0.15) is 0 Å². The van der Waals surface area contributed by atoms with Gasteiger partial charge in [-0.05, 0) is 51.9 Å². The van der Waals surface area contributed by atoms with Crippen molar-refractivity contribution in [1.82, 2.24) is 0 Å². The van der Waals surface area contributed by atoms with E-state index in [-0.39, 0.29) is 0 Å². The molecule has 0 aliphatic carbocycles. The fraction of sp³-hybridized carbons (Fsp3) is 0.750. The molecule has 136 valence electrons. The van der Waals surface area contributed by atoms with Crippen molar-refractivity contribution in [1.29, 1.82) is 0 Å². The first kappa shape index (κ1) is 22.4. The summed E-state index contributed by atoms with van der Waals surface area (Å²) < 4.78 is 28.3. The van der Waals surface area contributed by atoms with E-state index in [0.29, 0.717) is 26.4 Å². The lowest BCUT2D eigenvalue weighted by atomic mass is 10.3. The molecule has 0 atom stereocenters. The molecule has 0 spiro atoms. The van der Waals surface area contributed by atoms with E-state index in [0.717, 1.165) is 25.7 Å². The first-order chi connectivity index (χ1) is 10.8. The lowest BCUT2D eigenvalue weighted by Gasteiger charge is -2.32. The second-order valence-corrected chi connectivity index (χ2v) is 13.1. The van der Waals surface area contributed by atoms with E-state index in [9.17, 15) is 0 Å². The van der Waals surface area contributed by atoms with Crippen molar-refractivity contribution in [2.45, 2.75) is 51.9 Å². The normalized spacial score (nSPS) is 12.0. The number of rotatable bonds is 16. The van der Waals surface area contributed by atoms with Gasteiger partial charge in [0.2, 0.25) is 0 Å². The van der Waals surface area contributed by atoms with Crippen molar-refractivity contribution >= 4 is 17.1 Å². The molecule has 0 unspecified atom stereocenters. The van der Waals surface area contributed by atoms with Crippen LogP contribution in [0.3, 0.4) is 0 Å². The highest BCUT2D eigenvalue weighted by Crippen LogP contribution is 2.17. The van der Waals surface area contributed by atoms with Gasteiger partial charge in [0.15, 0.2) is 0 Å². The van der Waals surface area contributed by atoms with Crippen molar-refractivity contribution < 1.29 is 22.4 Å². The van der Waals surface area contributed by atoms with Gasteiger partial charge < -0.3 is 22.4 Å². The van der Waals surface area contributed by atoms with Crippen LogP contribution in [0.1, 0.15) is 25.7 Å². The van der Waals surface area contributed by atoms with Crippen molar-refractivity contribution in [3.63, 3.8) is 0 Å². The zero-order valence-electron chi connectivity index (χ0n) is 15.3. The molecule has 0 aliphatic heterocycles. The summed E-state index contributed by atoms with van der Waals surface area (Å²) in [6.45, 7) is 18.1. The molecule has 0 bridgehead atoms. The van der Waals surface area contributed by atoms with Crippen LogP contribution in [0.5, 0.6) is 0 Å². The van der Waals surface area contributed by atoms with Gasteiger partial charge in [-0.1, -0.05) is 13.2 Å². The summed E-state index contributed by atoms with van der Waals surface area (Å²) in [5.41, 5.74) is 0. The third kappa shape index (κ3) is 14.7. The van der Waals surface area contributed by atoms with Crippen LogP contribution >= 0.6 is 0 Å². The van der Waals surface area contributed by atoms with Crippen molar-refractivity contribution in [2.24, 2.45) is 0 Å². The summed E-state index contributed by atoms with van der Waals surface area (Å²) in [5.74, 6) is 0. The molecule has 5 nitrogen and oxygen atoms in total. The molecule has 0 radical (unpaired) electrons. The highest BCUT2D eigenvalue weighted by atomic mass is 28.5. The average molecular weight is 363 g/mol. The molecule has 0 aromatic rings. The smallest absolute Gasteiger partial charge is 0.322 e. The van der Waals surface area contributed by atoms with Crippen molar-refractivity contribution in [2.75, 3.05) is 26.4 Å². The van der Waals surface area contributed by atoms with Crippen LogP contribution in [-0.2, 0) is 22.4 Å². The zero-order chi connectivity index (χ0) is 17.6. The molecule has 0 rings (SSSR count). The third-order valence-electron chi connectivity index (χ3n) is 2.94. The van der Waals surface area contributed by atoms with Gasteiger partial charge in [-0.15, -0.1) is 0 Å². The number of hydrogen-bond donors (Lipinski definition) is 0. The molecule has 0 N–H and O–H groups in total. The van der Waals surface area contributed by atoms with Crippen molar-refractivity contribution in [3.8, 4) is 0 Å². The minimum atomic E-state index is -2.15. The molecular weight excluding hydrogens is 328 g/mol. The van der Waals surface area contributed by atoms with E-state index < -0.39 is 17.1 Å². The van der Waals surface area contributed by atoms with Crippen LogP contribution in [0.4, 0.5) is 0 Å². The van der Waals surface area contributed by atoms with Gasteiger partial charge in [0, 0.05) is 13.2 Å². The van der Waals surface area contributed by atoms with E-state index in [1.54, 1.807) is 0 Å². The number of ether oxygens (including phenoxy) is 2. The predicted molar refractivity (Wildman–Crippen MR) is 98.7 cm³/mol. The van der Waals surface area contributed by atoms with Gasteiger partial charge in [-0.2, -0.15) is 0 Å². The van der Waals surface area contributed by atoms with Crippen LogP contribution in [0.25, 0.3) is 0 Å². The van der Waals surface area contributed by atoms with Gasteiger partial charge in [-0.25, -0.2) is 0 Å². The minimum Gasteiger partial charge on any atom is -0.502 e. The second-order valence-electron chi connectivity index (χ2n) is 6.09. The minimum absolute atomic E-state index is 0.689. The molecule has 0 saturated heterocycles. The van der Waals surface area contributed by atoms with E-state index >= 15 is 0 Å². The predicted octanol–water partition coefficient (Wildman–Crippen LogP) is 4.32. The Bertz CT molecular complexity index is 292. The van der Waals surface area contributed by atoms with E-state index in [4.69, 9.17) is 22.4 Å². The Hall–Kier alpha value is -0.606. The maximum atomic E-state index is 6.22. The van der Waals surface area contributed by atoms with Crippen LogP contribution in [0.15, 0.2) is 25.7 Å². The Morgan fingerprint density at radius 2 is 1.00 bits per heavy atom. The second kappa shape index (κ2) is 12.8. The molecule has 0 aromatic heterocycles. The summed E-state index contributed by atoms with van der Waals surface area (Å²) in [5, 5.41) is 0. The van der Waals surface area contributed by atoms with Gasteiger partial charge in [-0.3, -0.25) is 0 Å². The Morgan fingerprint density at radius 3 is 1.35 bits per heavy atom. The summed E-state index contributed by atoms with van der Waals surface area (Å²) in [6, 6.07) is 0. The summed E-state index contributed by atoms with van der Waals surface area (Å²) in [4.78, 5) is 0. The first-order valence-electron chi connectivity index (χ1n) is 8.26. The molecule has 23 heavy (non-hydrogen) atoms. The fourth-order valence-electron chi connectivity index (χ4n) is 2.03. The third-order valence-corrected chi connectivity index (χ3v) is 8.67. The molecule has 7 heteroatoms. The molecule has 0 saturated carbocycles. The lowest BCUT2D eigenvalue weighted by Crippen LogP contribution is -2.48. The highest BCUT2D eigenvalue weighted by Gasteiger charge is 2.36. The van der Waals surface area contributed by atoms with E-state index in [2.05, 4.69) is 39.3 Å². The van der Waals surface area contributed by atoms with Crippen LogP contribution in [0, 0.1) is 0 Å². The van der Waals surface area contributed by atoms with Crippen LogP contribution in [-0.4, -0.2) is 43.5 Å². The van der Waals surface area contributed by atoms with E-state index in [1.807, 2.05) is 0 Å². The topological polar surface area (TPSA) is 46.2 Å². The summed E-state index contributed by atoms with van der Waals surface area (Å²) in [7, 11) is -4.30. The largest absolute Gasteiger partial charge is 0.502 e. The van der Waals surface area contributed by atoms with Crippen LogP contribution in [0.2, 0.25) is 26.2 Å². The fourth-order valence-corrected chi connectivity index (χ4v) is 8.51. The lowest BCUT2D eigenvalue weighted by molar-refractivity contribution is 0.177. The van der Waals surface area contributed by atoms with Gasteiger partial charge in [0.25, 0.3) is 0 Å². The summed E-state index contributed by atoms with van der Waals surface area (Å²) >= 11 is 0. The standard InChI is InChI=1S/C16H34O5Si2/c1-7-17-13-9-11-15-19-22(3,4)21-23(5,6)20-16-12-10-14-18-8-2/h7-8H,1-2,9-16H2,3-6H3. The first-order valence-corrected chi connectivity index (χ1v) is 13.9. The maximum absolute atomic E-state index is 6.22. The highest BCUT2D eigenvalue weighted by molar-refractivity contribution is 6.78. The Balaban J connectivity index is 3.85. The molecule has 0 amide bonds. The average Bonchev–Trinajstić information content (AvgIpc) is 2.45. The van der Waals surface area contributed by atoms with E-state index in [1.165, 1.54) is 12.5 Å². The van der Waals surface area contributed by atoms with Gasteiger partial charge >= 0.3 is 17.1 Å². The van der Waals surface area contributed by atoms with Crippen molar-refractivity contribution in [3.05, 3.63) is 25.7 Å². The Morgan fingerprint density at radius 1 is 0.652 bits per heavy atom. The molecule has 0 fully saturated rings. The number of hydrogen-bond acceptors (Lipinski definition) is 5. The molecule has 0 heterocycles. The Labute approximate surface area is 144 Å². The molecular formula is C16H34O5Si2. The van der Waals surface area contributed by atoms with Gasteiger partial charge in [0.05, 0.1) is 25.7 Å². The number of unbranched alkanes of at least 4 members (excludes halogenated alkanes) is 2. The SMILES string of the molecule is C=COCCCCO[Si](C)(C)O[Si](C)(C)OCCCCOC=C. The molecule has 0 aliphatic rings. The monoisotopic (exact) mass is 362 g/mol. The quantitative estimate of drug-likeness (QED) is 0.232. The zero-order valence-corrected chi connectivity index (χ0v) is 17.3. The summed E-state index contributed by atoms with van der Waals surface area (Å²) in [6.07, 6.45) is 6.77. The maximum Gasteiger partial charge on any atom is 0.322 e.